The van der Waals surface area contributed by atoms with Crippen molar-refractivity contribution in [1.82, 2.24) is 0 Å². The summed E-state index contributed by atoms with van der Waals surface area (Å²) >= 11 is 0. The highest BCUT2D eigenvalue weighted by Crippen LogP contribution is 2.04. The van der Waals surface area contributed by atoms with E-state index in [0.29, 0.717) is 0 Å². The molecule has 0 aliphatic carbocycles. The lowest BCUT2D eigenvalue weighted by Crippen LogP contribution is -2.28. The molecule has 0 amide bonds. The van der Waals surface area contributed by atoms with Gasteiger partial charge >= 0.3 is 0 Å². The molecule has 0 aliphatic heterocycles. The molecule has 0 radical (unpaired) electrons. The summed E-state index contributed by atoms with van der Waals surface area (Å²) < 4.78 is 0. The number of nitrogens with two attached hydrogens (primary N) is 1. The summed E-state index contributed by atoms with van der Waals surface area (Å²) in [6.07, 6.45) is 1.61. The zero-order valence-electron chi connectivity index (χ0n) is 7.86. The molecule has 0 unspecified atom stereocenters. The monoisotopic (exact) mass is 177 g/mol. The van der Waals surface area contributed by atoms with Gasteiger partial charge in [0, 0.05) is 0 Å². The highest BCUT2D eigenvalue weighted by molar-refractivity contribution is 5.81. The van der Waals surface area contributed by atoms with Gasteiger partial charge in [-0.1, -0.05) is 30.3 Å². The second-order valence-electron chi connectivity index (χ2n) is 3.24. The third-order valence-electron chi connectivity index (χ3n) is 2.11. The van der Waals surface area contributed by atoms with Crippen LogP contribution in [0.3, 0.4) is 0 Å². The van der Waals surface area contributed by atoms with Gasteiger partial charge in [-0.25, -0.2) is 0 Å². The van der Waals surface area contributed by atoms with Crippen LogP contribution in [-0.4, -0.2) is 11.8 Å². The van der Waals surface area contributed by atoms with Crippen molar-refractivity contribution >= 4 is 5.78 Å². The molecule has 0 aliphatic rings. The van der Waals surface area contributed by atoms with E-state index >= 15 is 0 Å². The predicted molar refractivity (Wildman–Crippen MR) is 53.4 cm³/mol. The van der Waals surface area contributed by atoms with E-state index < -0.39 is 0 Å². The Labute approximate surface area is 78.8 Å². The van der Waals surface area contributed by atoms with Crippen molar-refractivity contribution in [3.63, 3.8) is 0 Å². The zero-order chi connectivity index (χ0) is 9.68. The fourth-order valence-electron chi connectivity index (χ4n) is 1.17. The van der Waals surface area contributed by atoms with Gasteiger partial charge in [0.15, 0.2) is 0 Å². The second-order valence-corrected chi connectivity index (χ2v) is 3.24. The fraction of sp³-hybridized carbons (Fsp3) is 0.364. The lowest BCUT2D eigenvalue weighted by atomic mass is 10.0. The maximum absolute atomic E-state index is 10.8. The number of Topliss-reactive ketones (excluding diaryl/α,β-unsaturated/α-hetero) is 1. The van der Waals surface area contributed by atoms with E-state index in [9.17, 15) is 4.79 Å². The molecule has 1 aromatic rings. The largest absolute Gasteiger partial charge is 0.322 e. The van der Waals surface area contributed by atoms with Crippen molar-refractivity contribution in [3.05, 3.63) is 35.9 Å². The molecule has 0 saturated heterocycles. The number of ketones is 1. The third-order valence-corrected chi connectivity index (χ3v) is 2.11. The van der Waals surface area contributed by atoms with Crippen molar-refractivity contribution in [2.45, 2.75) is 25.8 Å². The molecule has 2 N–H and O–H groups in total. The highest BCUT2D eigenvalue weighted by Gasteiger charge is 2.06. The Balaban J connectivity index is 2.39. The summed E-state index contributed by atoms with van der Waals surface area (Å²) in [4.78, 5) is 10.8. The first-order valence-corrected chi connectivity index (χ1v) is 4.50. The normalized spacial score (nSPS) is 12.5. The molecule has 0 fully saturated rings. The van der Waals surface area contributed by atoms with Gasteiger partial charge in [-0.3, -0.25) is 4.79 Å². The lowest BCUT2D eigenvalue weighted by Gasteiger charge is -2.06. The number of hydrogen-bond acceptors (Lipinski definition) is 2. The van der Waals surface area contributed by atoms with Crippen LogP contribution in [0.25, 0.3) is 0 Å². The first-order valence-electron chi connectivity index (χ1n) is 4.50. The van der Waals surface area contributed by atoms with Crippen LogP contribution in [0.15, 0.2) is 30.3 Å². The molecule has 1 rings (SSSR count). The van der Waals surface area contributed by atoms with Gasteiger partial charge in [0.1, 0.15) is 5.78 Å². The first kappa shape index (κ1) is 9.93. The summed E-state index contributed by atoms with van der Waals surface area (Å²) in [7, 11) is 0. The van der Waals surface area contributed by atoms with Crippen LogP contribution in [0.2, 0.25) is 0 Å². The Hall–Kier alpha value is -1.15. The summed E-state index contributed by atoms with van der Waals surface area (Å²) in [5, 5.41) is 0. The molecule has 1 aromatic carbocycles. The molecule has 70 valence electrons. The molecule has 13 heavy (non-hydrogen) atoms. The smallest absolute Gasteiger partial charge is 0.146 e. The van der Waals surface area contributed by atoms with E-state index in [1.807, 2.05) is 30.3 Å². The van der Waals surface area contributed by atoms with Crippen LogP contribution in [0, 0.1) is 0 Å². The zero-order valence-corrected chi connectivity index (χ0v) is 7.86. The number of benzene rings is 1. The Morgan fingerprint density at radius 1 is 1.38 bits per heavy atom. The Morgan fingerprint density at radius 3 is 2.54 bits per heavy atom. The van der Waals surface area contributed by atoms with E-state index in [-0.39, 0.29) is 11.8 Å². The average molecular weight is 177 g/mol. The lowest BCUT2D eigenvalue weighted by molar-refractivity contribution is -0.118. The third kappa shape index (κ3) is 3.38. The molecular formula is C11H15NO. The molecule has 0 spiro atoms. The van der Waals surface area contributed by atoms with Crippen molar-refractivity contribution in [1.29, 1.82) is 0 Å². The number of carbonyl (C=O) groups is 1. The fourth-order valence-corrected chi connectivity index (χ4v) is 1.17. The standard InChI is InChI=1S/C11H15NO/c1-9(13)11(12)8-7-10-5-3-2-4-6-10/h2-6,11H,7-8,12H2,1H3/t11-/m0/s1. The average Bonchev–Trinajstić information content (AvgIpc) is 2.15. The summed E-state index contributed by atoms with van der Waals surface area (Å²) in [5.74, 6) is 0.0657. The molecular weight excluding hydrogens is 162 g/mol. The van der Waals surface area contributed by atoms with Crippen molar-refractivity contribution in [2.75, 3.05) is 0 Å². The number of carbonyl (C=O) groups excluding carboxylic acids is 1. The minimum Gasteiger partial charge on any atom is -0.322 e. The SMILES string of the molecule is CC(=O)[C@@H](N)CCc1ccccc1. The molecule has 2 nitrogen and oxygen atoms in total. The van der Waals surface area contributed by atoms with Gasteiger partial charge in [-0.05, 0) is 25.3 Å². The van der Waals surface area contributed by atoms with Crippen LogP contribution in [-0.2, 0) is 11.2 Å². The van der Waals surface area contributed by atoms with Gasteiger partial charge in [-0.15, -0.1) is 0 Å². The summed E-state index contributed by atoms with van der Waals surface area (Å²) in [6.45, 7) is 1.54. The highest BCUT2D eigenvalue weighted by atomic mass is 16.1. The van der Waals surface area contributed by atoms with E-state index in [1.54, 1.807) is 0 Å². The Morgan fingerprint density at radius 2 is 2.00 bits per heavy atom. The molecule has 0 bridgehead atoms. The van der Waals surface area contributed by atoms with Gasteiger partial charge in [0.2, 0.25) is 0 Å². The molecule has 0 aromatic heterocycles. The van der Waals surface area contributed by atoms with Gasteiger partial charge < -0.3 is 5.73 Å². The van der Waals surface area contributed by atoms with Crippen molar-refractivity contribution in [3.8, 4) is 0 Å². The number of hydrogen-bond donors (Lipinski definition) is 1. The minimum atomic E-state index is -0.305. The summed E-state index contributed by atoms with van der Waals surface area (Å²) in [6, 6.07) is 9.76. The maximum atomic E-state index is 10.8. The van der Waals surface area contributed by atoms with Crippen molar-refractivity contribution < 1.29 is 4.79 Å². The predicted octanol–water partition coefficient (Wildman–Crippen LogP) is 1.54. The molecule has 2 heteroatoms. The Bertz CT molecular complexity index is 269. The topological polar surface area (TPSA) is 43.1 Å². The van der Waals surface area contributed by atoms with E-state index in [2.05, 4.69) is 0 Å². The quantitative estimate of drug-likeness (QED) is 0.758. The second kappa shape index (κ2) is 4.77. The van der Waals surface area contributed by atoms with Crippen LogP contribution < -0.4 is 5.73 Å². The Kier molecular flexibility index (Phi) is 3.65. The van der Waals surface area contributed by atoms with Gasteiger partial charge in [-0.2, -0.15) is 0 Å². The molecule has 0 saturated carbocycles. The van der Waals surface area contributed by atoms with Crippen LogP contribution >= 0.6 is 0 Å². The first-order chi connectivity index (χ1) is 6.20. The van der Waals surface area contributed by atoms with Gasteiger partial charge in [0.05, 0.1) is 6.04 Å². The van der Waals surface area contributed by atoms with Crippen LogP contribution in [0.4, 0.5) is 0 Å². The number of aryl methyl sites for hydroxylation is 1. The van der Waals surface area contributed by atoms with Gasteiger partial charge in [0.25, 0.3) is 0 Å². The summed E-state index contributed by atoms with van der Waals surface area (Å²) in [5.41, 5.74) is 6.85. The van der Waals surface area contributed by atoms with Crippen LogP contribution in [0.5, 0.6) is 0 Å². The van der Waals surface area contributed by atoms with Crippen LogP contribution in [0.1, 0.15) is 18.9 Å². The molecule has 1 atom stereocenters. The minimum absolute atomic E-state index is 0.0657. The maximum Gasteiger partial charge on any atom is 0.146 e. The number of rotatable bonds is 4. The molecule has 0 heterocycles. The van der Waals surface area contributed by atoms with E-state index in [0.717, 1.165) is 12.8 Å². The van der Waals surface area contributed by atoms with E-state index in [1.165, 1.54) is 12.5 Å². The van der Waals surface area contributed by atoms with Crippen molar-refractivity contribution in [2.24, 2.45) is 5.73 Å². The van der Waals surface area contributed by atoms with E-state index in [4.69, 9.17) is 5.73 Å².